The van der Waals surface area contributed by atoms with Gasteiger partial charge in [0.2, 0.25) is 5.91 Å². The highest BCUT2D eigenvalue weighted by Gasteiger charge is 2.17. The third kappa shape index (κ3) is 33.7. The van der Waals surface area contributed by atoms with Crippen molar-refractivity contribution < 1.29 is 15.0 Å². The fraction of sp³-hybridized carbons (Fsp3) is 0.786. The lowest BCUT2D eigenvalue weighted by Crippen LogP contribution is -2.45. The molecule has 46 heavy (non-hydrogen) atoms. The third-order valence-electron chi connectivity index (χ3n) is 8.77. The summed E-state index contributed by atoms with van der Waals surface area (Å²) in [5, 5.41) is 22.8. The number of nitrogens with one attached hydrogen (secondary N) is 1. The molecule has 0 rings (SSSR count). The van der Waals surface area contributed by atoms with Gasteiger partial charge in [0.1, 0.15) is 0 Å². The minimum atomic E-state index is -0.869. The van der Waals surface area contributed by atoms with Gasteiger partial charge in [-0.25, -0.2) is 0 Å². The predicted octanol–water partition coefficient (Wildman–Crippen LogP) is 12.0. The molecule has 0 aliphatic rings. The van der Waals surface area contributed by atoms with Crippen LogP contribution in [-0.4, -0.2) is 34.9 Å². The van der Waals surface area contributed by atoms with Crippen LogP contribution in [0.15, 0.2) is 48.6 Å². The Morgan fingerprint density at radius 1 is 0.522 bits per heavy atom. The van der Waals surface area contributed by atoms with Crippen molar-refractivity contribution in [3.8, 4) is 0 Å². The van der Waals surface area contributed by atoms with Crippen molar-refractivity contribution in [1.29, 1.82) is 0 Å². The standard InChI is InChI=1S/C42H77NO3/c1-3-5-7-9-11-13-15-16-17-18-19-20-21-22-23-24-25-26-27-28-30-32-34-36-38-42(46)43-40(39-44)41(45)37-35-33-31-29-14-12-10-8-6-4-2/h6,8,14,22-23,29,35,37,40-41,44-45H,3-5,7,9-13,15-21,24-28,30-34,36,38-39H2,1-2H3,(H,43,46)/b8-6+,23-22-,29-14+,37-35+. The summed E-state index contributed by atoms with van der Waals surface area (Å²) >= 11 is 0. The molecule has 0 aromatic heterocycles. The van der Waals surface area contributed by atoms with E-state index < -0.39 is 12.1 Å². The van der Waals surface area contributed by atoms with Gasteiger partial charge in [0.15, 0.2) is 0 Å². The Balaban J connectivity index is 3.55. The van der Waals surface area contributed by atoms with Gasteiger partial charge in [-0.05, 0) is 64.2 Å². The molecule has 0 aromatic rings. The third-order valence-corrected chi connectivity index (χ3v) is 8.77. The van der Waals surface area contributed by atoms with Crippen molar-refractivity contribution in [2.45, 2.75) is 206 Å². The number of aliphatic hydroxyl groups excluding tert-OH is 2. The molecule has 2 atom stereocenters. The first-order valence-electron chi connectivity index (χ1n) is 19.9. The fourth-order valence-electron chi connectivity index (χ4n) is 5.74. The van der Waals surface area contributed by atoms with Gasteiger partial charge < -0.3 is 15.5 Å². The number of allylic oxidation sites excluding steroid dienone is 7. The van der Waals surface area contributed by atoms with Crippen LogP contribution in [0.1, 0.15) is 194 Å². The van der Waals surface area contributed by atoms with E-state index >= 15 is 0 Å². The molecule has 0 heterocycles. The molecule has 0 aromatic carbocycles. The van der Waals surface area contributed by atoms with Crippen LogP contribution in [0.25, 0.3) is 0 Å². The molecule has 0 saturated carbocycles. The van der Waals surface area contributed by atoms with Crippen molar-refractivity contribution in [3.05, 3.63) is 48.6 Å². The molecule has 0 fully saturated rings. The summed E-state index contributed by atoms with van der Waals surface area (Å²) < 4.78 is 0. The average molecular weight is 644 g/mol. The Morgan fingerprint density at radius 2 is 0.913 bits per heavy atom. The number of carbonyl (C=O) groups excluding carboxylic acids is 1. The predicted molar refractivity (Wildman–Crippen MR) is 202 cm³/mol. The van der Waals surface area contributed by atoms with Crippen LogP contribution in [-0.2, 0) is 4.79 Å². The first-order valence-corrected chi connectivity index (χ1v) is 19.9. The highest BCUT2D eigenvalue weighted by Crippen LogP contribution is 2.14. The largest absolute Gasteiger partial charge is 0.394 e. The second kappa shape index (κ2) is 37.8. The molecule has 1 amide bonds. The molecule has 2 unspecified atom stereocenters. The molecule has 4 nitrogen and oxygen atoms in total. The number of unbranched alkanes of at least 4 members (excludes halogenated alkanes) is 22. The van der Waals surface area contributed by atoms with E-state index in [0.717, 1.165) is 44.9 Å². The lowest BCUT2D eigenvalue weighted by molar-refractivity contribution is -0.123. The van der Waals surface area contributed by atoms with Crippen molar-refractivity contribution in [1.82, 2.24) is 5.32 Å². The number of carbonyl (C=O) groups is 1. The van der Waals surface area contributed by atoms with Gasteiger partial charge >= 0.3 is 0 Å². The van der Waals surface area contributed by atoms with E-state index in [1.807, 2.05) is 6.08 Å². The van der Waals surface area contributed by atoms with Gasteiger partial charge in [-0.1, -0.05) is 172 Å². The summed E-state index contributed by atoms with van der Waals surface area (Å²) in [5.74, 6) is -0.0848. The van der Waals surface area contributed by atoms with Crippen molar-refractivity contribution in [3.63, 3.8) is 0 Å². The quantitative estimate of drug-likeness (QED) is 0.0475. The Hall–Kier alpha value is -1.65. The monoisotopic (exact) mass is 644 g/mol. The lowest BCUT2D eigenvalue weighted by atomic mass is 10.0. The molecule has 0 spiro atoms. The molecule has 268 valence electrons. The van der Waals surface area contributed by atoms with E-state index in [4.69, 9.17) is 0 Å². The van der Waals surface area contributed by atoms with E-state index in [1.54, 1.807) is 6.08 Å². The topological polar surface area (TPSA) is 69.6 Å². The van der Waals surface area contributed by atoms with Gasteiger partial charge in [-0.15, -0.1) is 0 Å². The maximum absolute atomic E-state index is 12.3. The normalized spacial score (nSPS) is 13.6. The number of hydrogen-bond donors (Lipinski definition) is 3. The zero-order valence-electron chi connectivity index (χ0n) is 30.6. The Labute approximate surface area is 286 Å². The van der Waals surface area contributed by atoms with E-state index in [1.165, 1.54) is 128 Å². The fourth-order valence-corrected chi connectivity index (χ4v) is 5.74. The summed E-state index contributed by atoms with van der Waals surface area (Å²) in [7, 11) is 0. The molecule has 0 aliphatic heterocycles. The maximum Gasteiger partial charge on any atom is 0.220 e. The van der Waals surface area contributed by atoms with Crippen molar-refractivity contribution in [2.24, 2.45) is 0 Å². The number of amides is 1. The van der Waals surface area contributed by atoms with E-state index in [2.05, 4.69) is 55.6 Å². The SMILES string of the molecule is CC/C=C/CC/C=C/CC/C=C/C(O)C(CO)NC(=O)CCCCCCCCCC/C=C\CCCCCCCCCCCCCC. The van der Waals surface area contributed by atoms with Gasteiger partial charge in [0, 0.05) is 6.42 Å². The van der Waals surface area contributed by atoms with Crippen LogP contribution in [0.4, 0.5) is 0 Å². The highest BCUT2D eigenvalue weighted by molar-refractivity contribution is 5.76. The molecule has 0 radical (unpaired) electrons. The molecule has 3 N–H and O–H groups in total. The Bertz CT molecular complexity index is 741. The summed E-state index contributed by atoms with van der Waals surface area (Å²) in [6.45, 7) is 4.16. The average Bonchev–Trinajstić information content (AvgIpc) is 3.06. The number of hydrogen-bond acceptors (Lipinski definition) is 3. The molecule has 0 bridgehead atoms. The van der Waals surface area contributed by atoms with E-state index in [9.17, 15) is 15.0 Å². The molecule has 0 saturated heterocycles. The number of aliphatic hydroxyl groups is 2. The second-order valence-electron chi connectivity index (χ2n) is 13.3. The lowest BCUT2D eigenvalue weighted by Gasteiger charge is -2.19. The van der Waals surface area contributed by atoms with Crippen LogP contribution in [0, 0.1) is 0 Å². The van der Waals surface area contributed by atoms with E-state index in [0.29, 0.717) is 6.42 Å². The van der Waals surface area contributed by atoms with E-state index in [-0.39, 0.29) is 12.5 Å². The zero-order valence-corrected chi connectivity index (χ0v) is 30.6. The van der Waals surface area contributed by atoms with Crippen molar-refractivity contribution in [2.75, 3.05) is 6.61 Å². The van der Waals surface area contributed by atoms with Gasteiger partial charge in [-0.3, -0.25) is 4.79 Å². The zero-order chi connectivity index (χ0) is 33.6. The van der Waals surface area contributed by atoms with Gasteiger partial charge in [0.05, 0.1) is 18.8 Å². The molecule has 4 heteroatoms. The smallest absolute Gasteiger partial charge is 0.220 e. The van der Waals surface area contributed by atoms with Crippen molar-refractivity contribution >= 4 is 5.91 Å². The van der Waals surface area contributed by atoms with Crippen LogP contribution in [0.2, 0.25) is 0 Å². The minimum Gasteiger partial charge on any atom is -0.394 e. The first kappa shape index (κ1) is 44.4. The summed E-state index contributed by atoms with van der Waals surface area (Å²) in [6.07, 6.45) is 50.8. The first-order chi connectivity index (χ1) is 22.7. The number of rotatable bonds is 35. The summed E-state index contributed by atoms with van der Waals surface area (Å²) in [5.41, 5.74) is 0. The minimum absolute atomic E-state index is 0.0848. The van der Waals surface area contributed by atoms with Crippen LogP contribution >= 0.6 is 0 Å². The van der Waals surface area contributed by atoms with Crippen LogP contribution in [0.5, 0.6) is 0 Å². The maximum atomic E-state index is 12.3. The summed E-state index contributed by atoms with van der Waals surface area (Å²) in [6, 6.07) is -0.645. The Kier molecular flexibility index (Phi) is 36.4. The van der Waals surface area contributed by atoms with Crippen LogP contribution in [0.3, 0.4) is 0 Å². The highest BCUT2D eigenvalue weighted by atomic mass is 16.3. The van der Waals surface area contributed by atoms with Crippen LogP contribution < -0.4 is 5.32 Å². The molecule has 0 aliphatic carbocycles. The molecular formula is C42H77NO3. The second-order valence-corrected chi connectivity index (χ2v) is 13.3. The summed E-state index contributed by atoms with van der Waals surface area (Å²) in [4.78, 5) is 12.3. The molecular weight excluding hydrogens is 566 g/mol. The van der Waals surface area contributed by atoms with Gasteiger partial charge in [-0.2, -0.15) is 0 Å². The van der Waals surface area contributed by atoms with Gasteiger partial charge in [0.25, 0.3) is 0 Å². The Morgan fingerprint density at radius 3 is 1.37 bits per heavy atom.